The second-order valence-corrected chi connectivity index (χ2v) is 11.0. The van der Waals surface area contributed by atoms with Crippen LogP contribution in [0.3, 0.4) is 0 Å². The minimum atomic E-state index is -0.231. The Labute approximate surface area is 261 Å². The summed E-state index contributed by atoms with van der Waals surface area (Å²) in [5, 5.41) is 5.71. The zero-order valence-corrected chi connectivity index (χ0v) is 26.0. The Morgan fingerprint density at radius 2 is 1.68 bits per heavy atom. The number of fused-ring (bicyclic) bond motifs is 1. The molecule has 0 saturated carbocycles. The van der Waals surface area contributed by atoms with E-state index in [1.165, 1.54) is 11.3 Å². The standard InChI is InChI=1S/C18H12BrN3OS2.C15H5Br/c19-11-4-1-2-5-12(11)21-17(23)16-15(20)10-7-8-13(22-18(10)25-16)14-6-3-9-24-14;1-3-5-7-8-9-10-11-12-14-15(16)13-6-4-2/h1-9H,20H2,(H,21,23);13H,1-2H2. The van der Waals surface area contributed by atoms with Gasteiger partial charge in [-0.05, 0) is 127 Å². The third-order valence-corrected chi connectivity index (χ3v) is 7.77. The number of nitrogens with two attached hydrogens (primary N) is 1. The van der Waals surface area contributed by atoms with Gasteiger partial charge in [-0.15, -0.1) is 22.7 Å². The number of pyridine rings is 1. The summed E-state index contributed by atoms with van der Waals surface area (Å²) in [6, 6.07) is 15.3. The first-order chi connectivity index (χ1) is 19.9. The lowest BCUT2D eigenvalue weighted by Crippen LogP contribution is -2.12. The van der Waals surface area contributed by atoms with E-state index < -0.39 is 0 Å². The summed E-state index contributed by atoms with van der Waals surface area (Å²) in [6.45, 7) is 6.66. The number of anilines is 2. The lowest BCUT2D eigenvalue weighted by atomic mass is 10.2. The lowest BCUT2D eigenvalue weighted by Gasteiger charge is -2.06. The molecule has 4 aromatic rings. The quantitative estimate of drug-likeness (QED) is 0.165. The number of para-hydroxylation sites is 1. The fourth-order valence-electron chi connectivity index (χ4n) is 2.91. The smallest absolute Gasteiger partial charge is 0.267 e. The summed E-state index contributed by atoms with van der Waals surface area (Å²) in [4.78, 5) is 19.6. The van der Waals surface area contributed by atoms with Crippen molar-refractivity contribution in [2.24, 2.45) is 0 Å². The first-order valence-electron chi connectivity index (χ1n) is 11.4. The molecule has 0 aliphatic carbocycles. The molecule has 0 radical (unpaired) electrons. The molecule has 8 heteroatoms. The molecule has 0 saturated heterocycles. The van der Waals surface area contributed by atoms with E-state index in [1.54, 1.807) is 17.4 Å². The van der Waals surface area contributed by atoms with E-state index in [0.717, 1.165) is 25.3 Å². The van der Waals surface area contributed by atoms with Crippen LogP contribution in [0.2, 0.25) is 0 Å². The van der Waals surface area contributed by atoms with Gasteiger partial charge < -0.3 is 11.1 Å². The van der Waals surface area contributed by atoms with Crippen LogP contribution in [0.25, 0.3) is 20.8 Å². The summed E-state index contributed by atoms with van der Waals surface area (Å²) in [5.41, 5.74) is 36.1. The number of nitrogens with zero attached hydrogens (tertiary/aromatic N) is 1. The number of hydrogen-bond donors (Lipinski definition) is 2. The maximum atomic E-state index is 12.6. The molecule has 41 heavy (non-hydrogen) atoms. The van der Waals surface area contributed by atoms with Crippen LogP contribution in [-0.4, -0.2) is 10.9 Å². The number of allylic oxidation sites excluding steroid dienone is 2. The van der Waals surface area contributed by atoms with Crippen molar-refractivity contribution in [2.45, 2.75) is 0 Å². The number of rotatable bonds is 4. The summed E-state index contributed by atoms with van der Waals surface area (Å²) >= 11 is 9.57. The maximum Gasteiger partial charge on any atom is 0.267 e. The summed E-state index contributed by atoms with van der Waals surface area (Å²) in [5.74, 6) is -0.231. The van der Waals surface area contributed by atoms with Gasteiger partial charge in [-0.25, -0.2) is 4.98 Å². The van der Waals surface area contributed by atoms with Crippen LogP contribution >= 0.6 is 54.5 Å². The van der Waals surface area contributed by atoms with Crippen molar-refractivity contribution in [3.63, 3.8) is 0 Å². The molecule has 0 fully saturated rings. The highest BCUT2D eigenvalue weighted by atomic mass is 79.9. The molecule has 0 aliphatic heterocycles. The van der Waals surface area contributed by atoms with Crippen LogP contribution in [0.15, 0.2) is 145 Å². The van der Waals surface area contributed by atoms with Crippen molar-refractivity contribution in [3.05, 3.63) is 150 Å². The number of nitrogens with one attached hydrogen (secondary N) is 1. The molecule has 0 unspecified atom stereocenters. The number of carbonyl (C=O) groups excluding carboxylic acids is 1. The SMILES string of the molecule is C=C=C=C=C=C=C=C=C=C=C(Br)C=C=C=C.Nc1c(C(=O)Nc2ccccc2Br)sc2nc(-c3cccs3)ccc12. The Balaban J connectivity index is 0.000000253. The monoisotopic (exact) mass is 693 g/mol. The first kappa shape index (κ1) is 30.9. The molecule has 3 aromatic heterocycles. The van der Waals surface area contributed by atoms with Gasteiger partial charge in [0.1, 0.15) is 9.71 Å². The molecule has 4 nitrogen and oxygen atoms in total. The van der Waals surface area contributed by atoms with Gasteiger partial charge in [-0.2, -0.15) is 0 Å². The van der Waals surface area contributed by atoms with E-state index in [-0.39, 0.29) is 5.91 Å². The van der Waals surface area contributed by atoms with Gasteiger partial charge in [-0.3, -0.25) is 4.79 Å². The molecule has 3 heterocycles. The zero-order valence-electron chi connectivity index (χ0n) is 21.2. The Morgan fingerprint density at radius 3 is 2.37 bits per heavy atom. The topological polar surface area (TPSA) is 68.0 Å². The van der Waals surface area contributed by atoms with Gasteiger partial charge in [0.25, 0.3) is 5.91 Å². The van der Waals surface area contributed by atoms with Crippen LogP contribution in [0.1, 0.15) is 9.67 Å². The van der Waals surface area contributed by atoms with Crippen molar-refractivity contribution in [1.29, 1.82) is 0 Å². The van der Waals surface area contributed by atoms with Crippen molar-refractivity contribution >= 4 is 82.0 Å². The number of carbonyl (C=O) groups is 1. The summed E-state index contributed by atoms with van der Waals surface area (Å²) in [6.07, 6.45) is 1.60. The third-order valence-electron chi connectivity index (χ3n) is 4.64. The lowest BCUT2D eigenvalue weighted by molar-refractivity contribution is 0.103. The van der Waals surface area contributed by atoms with E-state index in [0.29, 0.717) is 20.7 Å². The van der Waals surface area contributed by atoms with E-state index in [2.05, 4.69) is 118 Å². The average molecular weight is 695 g/mol. The van der Waals surface area contributed by atoms with Crippen LogP contribution in [0.4, 0.5) is 11.4 Å². The normalized spacial score (nSPS) is 8.54. The third kappa shape index (κ3) is 9.48. The Hall–Kier alpha value is -4.68. The molecule has 0 bridgehead atoms. The van der Waals surface area contributed by atoms with Crippen LogP contribution < -0.4 is 11.1 Å². The summed E-state index contributed by atoms with van der Waals surface area (Å²) in [7, 11) is 0. The molecule has 0 spiro atoms. The number of nitrogen functional groups attached to an aromatic ring is 1. The van der Waals surface area contributed by atoms with Crippen molar-refractivity contribution < 1.29 is 4.79 Å². The van der Waals surface area contributed by atoms with Crippen LogP contribution in [-0.2, 0) is 0 Å². The number of halogens is 2. The molecule has 4 rings (SSSR count). The van der Waals surface area contributed by atoms with E-state index >= 15 is 0 Å². The second kappa shape index (κ2) is 16.4. The van der Waals surface area contributed by atoms with Gasteiger partial charge in [0.05, 0.1) is 26.4 Å². The van der Waals surface area contributed by atoms with Gasteiger partial charge in [0, 0.05) is 15.9 Å². The molecule has 1 aromatic carbocycles. The van der Waals surface area contributed by atoms with Gasteiger partial charge in [0.15, 0.2) is 0 Å². The van der Waals surface area contributed by atoms with Gasteiger partial charge in [-0.1, -0.05) is 35.4 Å². The largest absolute Gasteiger partial charge is 0.397 e. The molecule has 1 amide bonds. The molecular weight excluding hydrogens is 678 g/mol. The van der Waals surface area contributed by atoms with Gasteiger partial charge >= 0.3 is 0 Å². The first-order valence-corrected chi connectivity index (χ1v) is 14.7. The highest BCUT2D eigenvalue weighted by Crippen LogP contribution is 2.35. The average Bonchev–Trinajstić information content (AvgIpc) is 3.63. The second-order valence-electron chi connectivity index (χ2n) is 7.30. The summed E-state index contributed by atoms with van der Waals surface area (Å²) < 4.78 is 1.47. The van der Waals surface area contributed by atoms with E-state index in [1.807, 2.05) is 53.9 Å². The Morgan fingerprint density at radius 1 is 0.951 bits per heavy atom. The molecule has 196 valence electrons. The van der Waals surface area contributed by atoms with Crippen molar-refractivity contribution in [3.8, 4) is 10.6 Å². The molecular formula is C33H17Br2N3OS2. The Bertz CT molecular complexity index is 2050. The van der Waals surface area contributed by atoms with Crippen LogP contribution in [0.5, 0.6) is 0 Å². The highest BCUT2D eigenvalue weighted by Gasteiger charge is 2.18. The van der Waals surface area contributed by atoms with E-state index in [9.17, 15) is 4.79 Å². The molecule has 3 N–H and O–H groups in total. The predicted octanol–water partition coefficient (Wildman–Crippen LogP) is 9.41. The fourth-order valence-corrected chi connectivity index (χ4v) is 5.19. The minimum absolute atomic E-state index is 0.231. The fraction of sp³-hybridized carbons (Fsp3) is 0. The number of thiophene rings is 2. The molecule has 0 aliphatic rings. The number of amides is 1. The number of aromatic nitrogens is 1. The zero-order chi connectivity index (χ0) is 29.5. The van der Waals surface area contributed by atoms with Crippen LogP contribution in [0, 0.1) is 0 Å². The van der Waals surface area contributed by atoms with Crippen molar-refractivity contribution in [2.75, 3.05) is 11.1 Å². The Kier molecular flexibility index (Phi) is 12.4. The predicted molar refractivity (Wildman–Crippen MR) is 176 cm³/mol. The molecule has 0 atom stereocenters. The van der Waals surface area contributed by atoms with Gasteiger partial charge in [0.2, 0.25) is 0 Å². The van der Waals surface area contributed by atoms with Crippen molar-refractivity contribution in [1.82, 2.24) is 4.98 Å². The van der Waals surface area contributed by atoms with E-state index in [4.69, 9.17) is 5.73 Å². The number of hydrogen-bond acceptors (Lipinski definition) is 5. The highest BCUT2D eigenvalue weighted by molar-refractivity contribution is 9.11. The minimum Gasteiger partial charge on any atom is -0.397 e. The maximum absolute atomic E-state index is 12.6. The number of benzene rings is 1.